The first-order chi connectivity index (χ1) is 5.64. The van der Waals surface area contributed by atoms with Gasteiger partial charge in [-0.05, 0) is 26.2 Å². The van der Waals surface area contributed by atoms with Gasteiger partial charge >= 0.3 is 0 Å². The van der Waals surface area contributed by atoms with Crippen molar-refractivity contribution in [3.63, 3.8) is 0 Å². The number of hydrogen-bond acceptors (Lipinski definition) is 3. The molecule has 2 N–H and O–H groups in total. The van der Waals surface area contributed by atoms with E-state index in [1.807, 2.05) is 6.92 Å². The third-order valence-electron chi connectivity index (χ3n) is 2.19. The highest BCUT2D eigenvalue weighted by molar-refractivity contribution is 4.83. The minimum atomic E-state index is -0.232. The molecular formula is C9H19NO2. The van der Waals surface area contributed by atoms with Crippen LogP contribution in [0.1, 0.15) is 26.2 Å². The Kier molecular flexibility index (Phi) is 3.50. The molecule has 0 radical (unpaired) electrons. The zero-order chi connectivity index (χ0) is 9.03. The lowest BCUT2D eigenvalue weighted by molar-refractivity contribution is 0.0601. The Morgan fingerprint density at radius 3 is 2.92 bits per heavy atom. The van der Waals surface area contributed by atoms with E-state index in [2.05, 4.69) is 0 Å². The van der Waals surface area contributed by atoms with Crippen LogP contribution in [0.4, 0.5) is 0 Å². The van der Waals surface area contributed by atoms with E-state index in [0.717, 1.165) is 19.4 Å². The van der Waals surface area contributed by atoms with E-state index in [4.69, 9.17) is 15.2 Å². The van der Waals surface area contributed by atoms with Crippen molar-refractivity contribution in [3.8, 4) is 0 Å². The van der Waals surface area contributed by atoms with Gasteiger partial charge in [0.1, 0.15) is 0 Å². The highest BCUT2D eigenvalue weighted by atomic mass is 16.5. The molecule has 0 aliphatic carbocycles. The third kappa shape index (κ3) is 3.09. The monoisotopic (exact) mass is 173 g/mol. The van der Waals surface area contributed by atoms with E-state index in [1.165, 1.54) is 6.42 Å². The molecule has 2 unspecified atom stereocenters. The van der Waals surface area contributed by atoms with Gasteiger partial charge in [-0.1, -0.05) is 0 Å². The van der Waals surface area contributed by atoms with Crippen LogP contribution < -0.4 is 5.73 Å². The summed E-state index contributed by atoms with van der Waals surface area (Å²) in [6, 6.07) is 0. The van der Waals surface area contributed by atoms with Crippen molar-refractivity contribution in [3.05, 3.63) is 0 Å². The molecular weight excluding hydrogens is 154 g/mol. The fraction of sp³-hybridized carbons (Fsp3) is 1.00. The molecule has 0 aromatic heterocycles. The van der Waals surface area contributed by atoms with Gasteiger partial charge in [0, 0.05) is 19.3 Å². The second-order valence-electron chi connectivity index (χ2n) is 3.93. The van der Waals surface area contributed by atoms with E-state index in [-0.39, 0.29) is 5.54 Å². The molecule has 0 spiro atoms. The van der Waals surface area contributed by atoms with Crippen molar-refractivity contribution in [1.82, 2.24) is 0 Å². The van der Waals surface area contributed by atoms with Crippen molar-refractivity contribution in [2.75, 3.05) is 20.3 Å². The average molecular weight is 173 g/mol. The Morgan fingerprint density at radius 1 is 1.67 bits per heavy atom. The summed E-state index contributed by atoms with van der Waals surface area (Å²) in [5.74, 6) is 0. The first-order valence-electron chi connectivity index (χ1n) is 4.53. The minimum absolute atomic E-state index is 0.232. The van der Waals surface area contributed by atoms with E-state index < -0.39 is 0 Å². The minimum Gasteiger partial charge on any atom is -0.383 e. The Balaban J connectivity index is 2.27. The number of ether oxygens (including phenoxy) is 2. The van der Waals surface area contributed by atoms with Gasteiger partial charge in [-0.3, -0.25) is 0 Å². The molecule has 1 aliphatic rings. The Labute approximate surface area is 74.2 Å². The summed E-state index contributed by atoms with van der Waals surface area (Å²) in [7, 11) is 1.68. The molecule has 3 nitrogen and oxygen atoms in total. The smallest absolute Gasteiger partial charge is 0.0640 e. The predicted molar refractivity (Wildman–Crippen MR) is 48.1 cm³/mol. The SMILES string of the molecule is COCC(C)(N)CC1CCCO1. The number of nitrogens with two attached hydrogens (primary N) is 1. The highest BCUT2D eigenvalue weighted by Crippen LogP contribution is 2.20. The van der Waals surface area contributed by atoms with E-state index in [9.17, 15) is 0 Å². The summed E-state index contributed by atoms with van der Waals surface area (Å²) in [4.78, 5) is 0. The van der Waals surface area contributed by atoms with Gasteiger partial charge in [0.05, 0.1) is 12.7 Å². The van der Waals surface area contributed by atoms with Crippen molar-refractivity contribution >= 4 is 0 Å². The quantitative estimate of drug-likeness (QED) is 0.687. The molecule has 1 aliphatic heterocycles. The maximum absolute atomic E-state index is 6.00. The lowest BCUT2D eigenvalue weighted by atomic mass is 9.95. The van der Waals surface area contributed by atoms with Crippen molar-refractivity contribution < 1.29 is 9.47 Å². The van der Waals surface area contributed by atoms with Crippen LogP contribution in [0.3, 0.4) is 0 Å². The fourth-order valence-electron chi connectivity index (χ4n) is 1.71. The van der Waals surface area contributed by atoms with Crippen LogP contribution >= 0.6 is 0 Å². The van der Waals surface area contributed by atoms with Crippen LogP contribution in [0.25, 0.3) is 0 Å². The molecule has 0 amide bonds. The molecule has 1 fully saturated rings. The summed E-state index contributed by atoms with van der Waals surface area (Å²) in [5, 5.41) is 0. The van der Waals surface area contributed by atoms with Gasteiger partial charge in [0.2, 0.25) is 0 Å². The van der Waals surface area contributed by atoms with Crippen LogP contribution in [0.15, 0.2) is 0 Å². The highest BCUT2D eigenvalue weighted by Gasteiger charge is 2.26. The molecule has 12 heavy (non-hydrogen) atoms. The first-order valence-corrected chi connectivity index (χ1v) is 4.53. The Morgan fingerprint density at radius 2 is 2.42 bits per heavy atom. The van der Waals surface area contributed by atoms with Crippen molar-refractivity contribution in [2.45, 2.75) is 37.8 Å². The molecule has 0 aromatic rings. The van der Waals surface area contributed by atoms with Crippen LogP contribution in [0.2, 0.25) is 0 Å². The molecule has 0 saturated carbocycles. The van der Waals surface area contributed by atoms with E-state index in [0.29, 0.717) is 12.7 Å². The Hall–Kier alpha value is -0.120. The zero-order valence-electron chi connectivity index (χ0n) is 8.01. The number of methoxy groups -OCH3 is 1. The maximum Gasteiger partial charge on any atom is 0.0640 e. The summed E-state index contributed by atoms with van der Waals surface area (Å²) in [5.41, 5.74) is 5.77. The zero-order valence-corrected chi connectivity index (χ0v) is 8.01. The van der Waals surface area contributed by atoms with Crippen LogP contribution in [0.5, 0.6) is 0 Å². The molecule has 1 saturated heterocycles. The molecule has 2 atom stereocenters. The first kappa shape index (κ1) is 9.96. The lowest BCUT2D eigenvalue weighted by Crippen LogP contribution is -2.43. The van der Waals surface area contributed by atoms with E-state index in [1.54, 1.807) is 7.11 Å². The molecule has 72 valence electrons. The molecule has 0 bridgehead atoms. The normalized spacial score (nSPS) is 28.8. The van der Waals surface area contributed by atoms with Crippen LogP contribution in [-0.4, -0.2) is 32.0 Å². The van der Waals surface area contributed by atoms with Crippen LogP contribution in [-0.2, 0) is 9.47 Å². The summed E-state index contributed by atoms with van der Waals surface area (Å²) in [6.45, 7) is 3.51. The van der Waals surface area contributed by atoms with E-state index >= 15 is 0 Å². The average Bonchev–Trinajstić information content (AvgIpc) is 2.38. The van der Waals surface area contributed by atoms with Gasteiger partial charge in [-0.25, -0.2) is 0 Å². The second kappa shape index (κ2) is 4.21. The van der Waals surface area contributed by atoms with Gasteiger partial charge in [0.25, 0.3) is 0 Å². The topological polar surface area (TPSA) is 44.5 Å². The molecule has 1 heterocycles. The largest absolute Gasteiger partial charge is 0.383 e. The third-order valence-corrected chi connectivity index (χ3v) is 2.19. The Bertz CT molecular complexity index is 130. The molecule has 3 heteroatoms. The van der Waals surface area contributed by atoms with Gasteiger partial charge < -0.3 is 15.2 Å². The summed E-state index contributed by atoms with van der Waals surface area (Å²) < 4.78 is 10.5. The van der Waals surface area contributed by atoms with Crippen molar-refractivity contribution in [1.29, 1.82) is 0 Å². The van der Waals surface area contributed by atoms with Crippen LogP contribution in [0, 0.1) is 0 Å². The second-order valence-corrected chi connectivity index (χ2v) is 3.93. The van der Waals surface area contributed by atoms with Gasteiger partial charge in [0.15, 0.2) is 0 Å². The maximum atomic E-state index is 6.00. The number of rotatable bonds is 4. The molecule has 0 aromatic carbocycles. The predicted octanol–water partition coefficient (Wildman–Crippen LogP) is 0.919. The number of hydrogen-bond donors (Lipinski definition) is 1. The van der Waals surface area contributed by atoms with Crippen molar-refractivity contribution in [2.24, 2.45) is 5.73 Å². The lowest BCUT2D eigenvalue weighted by Gasteiger charge is -2.26. The molecule has 1 rings (SSSR count). The van der Waals surface area contributed by atoms with Gasteiger partial charge in [-0.2, -0.15) is 0 Å². The summed E-state index contributed by atoms with van der Waals surface area (Å²) >= 11 is 0. The summed E-state index contributed by atoms with van der Waals surface area (Å²) in [6.07, 6.45) is 3.58. The standard InChI is InChI=1S/C9H19NO2/c1-9(10,7-11-2)6-8-4-3-5-12-8/h8H,3-7,10H2,1-2H3. The fourth-order valence-corrected chi connectivity index (χ4v) is 1.71. The van der Waals surface area contributed by atoms with Gasteiger partial charge in [-0.15, -0.1) is 0 Å².